The van der Waals surface area contributed by atoms with E-state index in [2.05, 4.69) is 17.3 Å². The monoisotopic (exact) mass is 199 g/mol. The molecule has 4 heteroatoms. The topological polar surface area (TPSA) is 58.4 Å². The molecule has 1 amide bonds. The second kappa shape index (κ2) is 5.98. The third-order valence-corrected chi connectivity index (χ3v) is 2.74. The van der Waals surface area contributed by atoms with Gasteiger partial charge in [0.05, 0.1) is 0 Å². The van der Waals surface area contributed by atoms with Gasteiger partial charge in [-0.3, -0.25) is 4.79 Å². The standard InChI is InChI=1S/C10H21N3O/c1-13-7-4-9(8-13)3-6-12-10(14)2-5-11/h9H,2-8,11H2,1H3,(H,12,14). The summed E-state index contributed by atoms with van der Waals surface area (Å²) < 4.78 is 0. The van der Waals surface area contributed by atoms with Gasteiger partial charge in [-0.1, -0.05) is 0 Å². The summed E-state index contributed by atoms with van der Waals surface area (Å²) in [6.07, 6.45) is 2.81. The van der Waals surface area contributed by atoms with Crippen LogP contribution in [0.15, 0.2) is 0 Å². The summed E-state index contributed by atoms with van der Waals surface area (Å²) >= 11 is 0. The SMILES string of the molecule is CN1CCC(CCNC(=O)CCN)C1. The molecule has 0 aromatic carbocycles. The smallest absolute Gasteiger partial charge is 0.221 e. The van der Waals surface area contributed by atoms with Gasteiger partial charge in [0, 0.05) is 26.1 Å². The third kappa shape index (κ3) is 4.07. The Morgan fingerprint density at radius 3 is 3.00 bits per heavy atom. The van der Waals surface area contributed by atoms with E-state index in [1.165, 1.54) is 19.5 Å². The zero-order valence-corrected chi connectivity index (χ0v) is 8.96. The van der Waals surface area contributed by atoms with Crippen LogP contribution >= 0.6 is 0 Å². The summed E-state index contributed by atoms with van der Waals surface area (Å²) in [5.74, 6) is 0.844. The molecule has 0 saturated carbocycles. The number of amides is 1. The molecule has 1 aliphatic heterocycles. The number of nitrogens with two attached hydrogens (primary N) is 1. The fraction of sp³-hybridized carbons (Fsp3) is 0.900. The summed E-state index contributed by atoms with van der Waals surface area (Å²) in [7, 11) is 2.15. The molecule has 1 fully saturated rings. The predicted octanol–water partition coefficient (Wildman–Crippen LogP) is -0.207. The molecule has 0 aliphatic carbocycles. The van der Waals surface area contributed by atoms with E-state index in [9.17, 15) is 4.79 Å². The first-order chi connectivity index (χ1) is 6.72. The Hall–Kier alpha value is -0.610. The van der Waals surface area contributed by atoms with Gasteiger partial charge in [-0.05, 0) is 32.4 Å². The molecule has 0 bridgehead atoms. The maximum atomic E-state index is 11.1. The number of nitrogens with zero attached hydrogens (tertiary/aromatic N) is 1. The summed E-state index contributed by atoms with van der Waals surface area (Å²) in [6, 6.07) is 0. The van der Waals surface area contributed by atoms with E-state index in [0.29, 0.717) is 13.0 Å². The zero-order chi connectivity index (χ0) is 10.4. The molecular weight excluding hydrogens is 178 g/mol. The quantitative estimate of drug-likeness (QED) is 0.644. The summed E-state index contributed by atoms with van der Waals surface area (Å²) in [4.78, 5) is 13.4. The van der Waals surface area contributed by atoms with Crippen molar-refractivity contribution in [3.05, 3.63) is 0 Å². The Bertz CT molecular complexity index is 184. The van der Waals surface area contributed by atoms with Crippen LogP contribution in [0.2, 0.25) is 0 Å². The number of carbonyl (C=O) groups excluding carboxylic acids is 1. The second-order valence-corrected chi connectivity index (χ2v) is 4.09. The highest BCUT2D eigenvalue weighted by atomic mass is 16.1. The molecule has 82 valence electrons. The van der Waals surface area contributed by atoms with Crippen LogP contribution in [0.4, 0.5) is 0 Å². The van der Waals surface area contributed by atoms with Gasteiger partial charge in [0.2, 0.25) is 5.91 Å². The van der Waals surface area contributed by atoms with E-state index in [0.717, 1.165) is 18.9 Å². The molecular formula is C10H21N3O. The molecule has 0 spiro atoms. The van der Waals surface area contributed by atoms with E-state index < -0.39 is 0 Å². The first-order valence-electron chi connectivity index (χ1n) is 5.37. The van der Waals surface area contributed by atoms with Gasteiger partial charge in [0.15, 0.2) is 0 Å². The van der Waals surface area contributed by atoms with E-state index in [4.69, 9.17) is 5.73 Å². The molecule has 0 aromatic rings. The van der Waals surface area contributed by atoms with Crippen molar-refractivity contribution in [2.45, 2.75) is 19.3 Å². The third-order valence-electron chi connectivity index (χ3n) is 2.74. The van der Waals surface area contributed by atoms with E-state index >= 15 is 0 Å². The van der Waals surface area contributed by atoms with Gasteiger partial charge in [-0.15, -0.1) is 0 Å². The van der Waals surface area contributed by atoms with Gasteiger partial charge in [0.1, 0.15) is 0 Å². The fourth-order valence-corrected chi connectivity index (χ4v) is 1.90. The Morgan fingerprint density at radius 1 is 1.64 bits per heavy atom. The highest BCUT2D eigenvalue weighted by Gasteiger charge is 2.18. The van der Waals surface area contributed by atoms with Crippen molar-refractivity contribution in [1.29, 1.82) is 0 Å². The molecule has 1 rings (SSSR count). The number of rotatable bonds is 5. The molecule has 1 heterocycles. The zero-order valence-electron chi connectivity index (χ0n) is 8.96. The van der Waals surface area contributed by atoms with Crippen LogP contribution in [0.1, 0.15) is 19.3 Å². The van der Waals surface area contributed by atoms with Gasteiger partial charge < -0.3 is 16.0 Å². The van der Waals surface area contributed by atoms with Gasteiger partial charge in [0.25, 0.3) is 0 Å². The summed E-state index contributed by atoms with van der Waals surface area (Å²) in [5, 5.41) is 2.89. The second-order valence-electron chi connectivity index (χ2n) is 4.09. The first kappa shape index (κ1) is 11.5. The minimum Gasteiger partial charge on any atom is -0.356 e. The average molecular weight is 199 g/mol. The van der Waals surface area contributed by atoms with Crippen molar-refractivity contribution < 1.29 is 4.79 Å². The predicted molar refractivity (Wildman–Crippen MR) is 56.9 cm³/mol. The highest BCUT2D eigenvalue weighted by molar-refractivity contribution is 5.75. The van der Waals surface area contributed by atoms with Crippen LogP contribution in [-0.4, -0.2) is 44.0 Å². The number of hydrogen-bond donors (Lipinski definition) is 2. The summed E-state index contributed by atoms with van der Waals surface area (Å²) in [6.45, 7) is 3.61. The molecule has 1 unspecified atom stereocenters. The van der Waals surface area contributed by atoms with Crippen LogP contribution in [0, 0.1) is 5.92 Å². The van der Waals surface area contributed by atoms with Crippen molar-refractivity contribution >= 4 is 5.91 Å². The van der Waals surface area contributed by atoms with Crippen LogP contribution in [0.5, 0.6) is 0 Å². The molecule has 14 heavy (non-hydrogen) atoms. The molecule has 1 atom stereocenters. The van der Waals surface area contributed by atoms with Crippen molar-refractivity contribution in [3.63, 3.8) is 0 Å². The number of likely N-dealkylation sites (tertiary alicyclic amines) is 1. The van der Waals surface area contributed by atoms with Gasteiger partial charge >= 0.3 is 0 Å². The van der Waals surface area contributed by atoms with Crippen LogP contribution in [0.25, 0.3) is 0 Å². The minimum absolute atomic E-state index is 0.0823. The maximum absolute atomic E-state index is 11.1. The molecule has 3 N–H and O–H groups in total. The Kier molecular flexibility index (Phi) is 4.90. The number of hydrogen-bond acceptors (Lipinski definition) is 3. The lowest BCUT2D eigenvalue weighted by Crippen LogP contribution is -2.28. The lowest BCUT2D eigenvalue weighted by Gasteiger charge is -2.10. The van der Waals surface area contributed by atoms with Crippen molar-refractivity contribution in [3.8, 4) is 0 Å². The Morgan fingerprint density at radius 2 is 2.43 bits per heavy atom. The lowest BCUT2D eigenvalue weighted by atomic mass is 10.1. The van der Waals surface area contributed by atoms with Crippen LogP contribution in [-0.2, 0) is 4.79 Å². The van der Waals surface area contributed by atoms with Gasteiger partial charge in [-0.2, -0.15) is 0 Å². The highest BCUT2D eigenvalue weighted by Crippen LogP contribution is 2.16. The van der Waals surface area contributed by atoms with E-state index in [1.807, 2.05) is 0 Å². The van der Waals surface area contributed by atoms with E-state index in [-0.39, 0.29) is 5.91 Å². The average Bonchev–Trinajstić information content (AvgIpc) is 2.52. The molecule has 1 saturated heterocycles. The van der Waals surface area contributed by atoms with Crippen LogP contribution < -0.4 is 11.1 Å². The molecule has 0 aromatic heterocycles. The van der Waals surface area contributed by atoms with Crippen molar-refractivity contribution in [2.24, 2.45) is 11.7 Å². The van der Waals surface area contributed by atoms with Gasteiger partial charge in [-0.25, -0.2) is 0 Å². The first-order valence-corrected chi connectivity index (χ1v) is 5.37. The van der Waals surface area contributed by atoms with E-state index in [1.54, 1.807) is 0 Å². The molecule has 1 aliphatic rings. The fourth-order valence-electron chi connectivity index (χ4n) is 1.90. The summed E-state index contributed by atoms with van der Waals surface area (Å²) in [5.41, 5.74) is 5.27. The molecule has 4 nitrogen and oxygen atoms in total. The lowest BCUT2D eigenvalue weighted by molar-refractivity contribution is -0.120. The number of nitrogens with one attached hydrogen (secondary N) is 1. The van der Waals surface area contributed by atoms with Crippen LogP contribution in [0.3, 0.4) is 0 Å². The normalized spacial score (nSPS) is 22.6. The Labute approximate surface area is 85.8 Å². The minimum atomic E-state index is 0.0823. The van der Waals surface area contributed by atoms with Crippen molar-refractivity contribution in [2.75, 3.05) is 33.2 Å². The van der Waals surface area contributed by atoms with Crippen molar-refractivity contribution in [1.82, 2.24) is 10.2 Å². The Balaban J connectivity index is 2.01. The number of carbonyl (C=O) groups is 1. The molecule has 0 radical (unpaired) electrons. The largest absolute Gasteiger partial charge is 0.356 e. The maximum Gasteiger partial charge on any atom is 0.221 e.